The largest absolute Gasteiger partial charge is 0.416 e. The summed E-state index contributed by atoms with van der Waals surface area (Å²) < 4.78 is 56.3. The molecule has 5 rings (SSSR count). The number of likely N-dealkylation sites (N-methyl/N-ethyl adjacent to an activating group) is 1. The van der Waals surface area contributed by atoms with Gasteiger partial charge in [0.1, 0.15) is 17.3 Å². The number of nitrogens with one attached hydrogen (secondary N) is 4. The van der Waals surface area contributed by atoms with Gasteiger partial charge >= 0.3 is 6.18 Å². The van der Waals surface area contributed by atoms with Crippen molar-refractivity contribution in [2.24, 2.45) is 0 Å². The molecule has 2 aromatic heterocycles. The van der Waals surface area contributed by atoms with Gasteiger partial charge in [-0.25, -0.2) is 14.4 Å². The maximum absolute atomic E-state index is 14.1. The lowest BCUT2D eigenvalue weighted by atomic mass is 10.0. The van der Waals surface area contributed by atoms with E-state index in [0.29, 0.717) is 35.9 Å². The van der Waals surface area contributed by atoms with Gasteiger partial charge in [-0.05, 0) is 56.3 Å². The third-order valence-corrected chi connectivity index (χ3v) is 7.17. The van der Waals surface area contributed by atoms with E-state index in [1.807, 2.05) is 11.9 Å². The lowest BCUT2D eigenvalue weighted by molar-refractivity contribution is -0.138. The zero-order valence-electron chi connectivity index (χ0n) is 23.9. The average molecular weight is 597 g/mol. The molecule has 4 aromatic rings. The number of benzene rings is 2. The van der Waals surface area contributed by atoms with E-state index in [1.165, 1.54) is 18.3 Å². The molecule has 1 amide bonds. The van der Waals surface area contributed by atoms with Crippen LogP contribution in [-0.2, 0) is 12.7 Å². The van der Waals surface area contributed by atoms with Crippen LogP contribution in [0, 0.1) is 19.7 Å². The molecule has 0 aliphatic carbocycles. The van der Waals surface area contributed by atoms with Crippen molar-refractivity contribution in [1.29, 1.82) is 0 Å². The van der Waals surface area contributed by atoms with Crippen molar-refractivity contribution in [3.63, 3.8) is 0 Å². The number of pyridine rings is 1. The molecule has 9 nitrogen and oxygen atoms in total. The van der Waals surface area contributed by atoms with Gasteiger partial charge in [-0.2, -0.15) is 13.2 Å². The summed E-state index contributed by atoms with van der Waals surface area (Å²) in [5.41, 5.74) is 1.69. The predicted octanol–water partition coefficient (Wildman–Crippen LogP) is 6.07. The number of hydrogen-bond acceptors (Lipinski definition) is 7. The van der Waals surface area contributed by atoms with Gasteiger partial charge < -0.3 is 25.8 Å². The number of piperazine rings is 1. The molecule has 226 valence electrons. The van der Waals surface area contributed by atoms with Crippen LogP contribution in [0.1, 0.15) is 32.9 Å². The lowest BCUT2D eigenvalue weighted by Crippen LogP contribution is -2.44. The first kappa shape index (κ1) is 30.0. The number of H-pyrrole nitrogens is 1. The fourth-order valence-corrected chi connectivity index (χ4v) is 4.87. The lowest BCUT2D eigenvalue weighted by Gasteiger charge is -2.33. The Morgan fingerprint density at radius 1 is 1.00 bits per heavy atom. The quantitative estimate of drug-likeness (QED) is 0.183. The van der Waals surface area contributed by atoms with Gasteiger partial charge in [-0.15, -0.1) is 0 Å². The highest BCUT2D eigenvalue weighted by Gasteiger charge is 2.34. The number of carbonyl (C=O) groups is 1. The molecular formula is C30H32F4N8O. The number of imidazole rings is 1. The zero-order chi connectivity index (χ0) is 30.7. The fourth-order valence-electron chi connectivity index (χ4n) is 4.87. The van der Waals surface area contributed by atoms with Crippen molar-refractivity contribution in [3.05, 3.63) is 88.6 Å². The number of hydrogen-bond donors (Lipinski definition) is 4. The minimum atomic E-state index is -4.51. The van der Waals surface area contributed by atoms with Crippen molar-refractivity contribution >= 4 is 34.7 Å². The minimum Gasteiger partial charge on any atom is -0.355 e. The Labute approximate surface area is 246 Å². The second-order valence-electron chi connectivity index (χ2n) is 10.6. The molecule has 3 heterocycles. The van der Waals surface area contributed by atoms with Gasteiger partial charge in [0.15, 0.2) is 0 Å². The molecule has 0 saturated carbocycles. The van der Waals surface area contributed by atoms with Crippen molar-refractivity contribution in [2.45, 2.75) is 26.6 Å². The molecule has 4 N–H and O–H groups in total. The molecule has 43 heavy (non-hydrogen) atoms. The highest BCUT2D eigenvalue weighted by Crippen LogP contribution is 2.35. The Bertz CT molecular complexity index is 1590. The van der Waals surface area contributed by atoms with E-state index in [0.717, 1.165) is 19.2 Å². The monoisotopic (exact) mass is 596 g/mol. The molecular weight excluding hydrogens is 564 g/mol. The van der Waals surface area contributed by atoms with E-state index in [1.54, 1.807) is 44.2 Å². The Kier molecular flexibility index (Phi) is 8.64. The van der Waals surface area contributed by atoms with E-state index in [-0.39, 0.29) is 35.1 Å². The van der Waals surface area contributed by atoms with Crippen LogP contribution >= 0.6 is 0 Å². The fraction of sp³-hybridized carbons (Fsp3) is 0.300. The molecule has 1 aliphatic rings. The van der Waals surface area contributed by atoms with Gasteiger partial charge in [0.05, 0.1) is 17.4 Å². The second-order valence-corrected chi connectivity index (χ2v) is 10.6. The number of rotatable bonds is 8. The Hall–Kier alpha value is -4.49. The highest BCUT2D eigenvalue weighted by molar-refractivity contribution is 6.03. The summed E-state index contributed by atoms with van der Waals surface area (Å²) in [6.07, 6.45) is -3.21. The molecule has 0 unspecified atom stereocenters. The number of anilines is 5. The summed E-state index contributed by atoms with van der Waals surface area (Å²) in [6.45, 7) is 6.72. The van der Waals surface area contributed by atoms with E-state index in [2.05, 4.69) is 35.8 Å². The van der Waals surface area contributed by atoms with E-state index >= 15 is 0 Å². The zero-order valence-corrected chi connectivity index (χ0v) is 23.9. The first-order valence-corrected chi connectivity index (χ1v) is 13.7. The van der Waals surface area contributed by atoms with E-state index in [9.17, 15) is 22.4 Å². The number of alkyl halides is 3. The standard InChI is InChI=1S/C30H32F4N8O/c1-18-5-4-6-24(31)27(18)40-28(43)25-16-35-29(38-25)39-26-15-22(13-19(2)36-26)37-21-8-7-20(23(14-21)30(32,33)34)17-42-11-9-41(3)10-12-42/h4-8,13-16H,9-12,17H2,1-3H3,(H,40,43)(H3,35,36,37,38,39). The van der Waals surface area contributed by atoms with Gasteiger partial charge in [-0.3, -0.25) is 9.69 Å². The number of aryl methyl sites for hydroxylation is 2. The summed E-state index contributed by atoms with van der Waals surface area (Å²) in [5, 5.41) is 8.55. The highest BCUT2D eigenvalue weighted by atomic mass is 19.4. The summed E-state index contributed by atoms with van der Waals surface area (Å²) in [5.74, 6) is -0.587. The summed E-state index contributed by atoms with van der Waals surface area (Å²) in [6, 6.07) is 12.1. The number of carbonyl (C=O) groups excluding carboxylic acids is 1. The first-order chi connectivity index (χ1) is 20.4. The molecule has 0 atom stereocenters. The molecule has 1 aliphatic heterocycles. The molecule has 0 bridgehead atoms. The smallest absolute Gasteiger partial charge is 0.355 e. The normalized spacial score (nSPS) is 14.5. The van der Waals surface area contributed by atoms with Crippen LogP contribution in [-0.4, -0.2) is 63.9 Å². The van der Waals surface area contributed by atoms with Crippen molar-refractivity contribution < 1.29 is 22.4 Å². The van der Waals surface area contributed by atoms with Gasteiger partial charge in [0, 0.05) is 55.9 Å². The number of nitrogens with zero attached hydrogens (tertiary/aromatic N) is 4. The van der Waals surface area contributed by atoms with E-state index < -0.39 is 23.5 Å². The Balaban J connectivity index is 1.29. The third kappa shape index (κ3) is 7.48. The van der Waals surface area contributed by atoms with Crippen LogP contribution in [0.5, 0.6) is 0 Å². The summed E-state index contributed by atoms with van der Waals surface area (Å²) in [7, 11) is 2.00. The topological polar surface area (TPSA) is 101 Å². The van der Waals surface area contributed by atoms with Crippen LogP contribution in [0.25, 0.3) is 0 Å². The van der Waals surface area contributed by atoms with Crippen LogP contribution in [0.4, 0.5) is 46.4 Å². The number of amides is 1. The maximum atomic E-state index is 14.1. The summed E-state index contributed by atoms with van der Waals surface area (Å²) in [4.78, 5) is 28.2. The van der Waals surface area contributed by atoms with Gasteiger partial charge in [0.2, 0.25) is 5.95 Å². The van der Waals surface area contributed by atoms with Crippen LogP contribution < -0.4 is 16.0 Å². The number of para-hydroxylation sites is 1. The molecule has 13 heteroatoms. The average Bonchev–Trinajstić information content (AvgIpc) is 3.40. The Morgan fingerprint density at radius 3 is 2.49 bits per heavy atom. The summed E-state index contributed by atoms with van der Waals surface area (Å²) >= 11 is 0. The minimum absolute atomic E-state index is 0.0775. The molecule has 1 saturated heterocycles. The number of halogens is 4. The maximum Gasteiger partial charge on any atom is 0.416 e. The number of aromatic nitrogens is 3. The van der Waals surface area contributed by atoms with Crippen LogP contribution in [0.3, 0.4) is 0 Å². The van der Waals surface area contributed by atoms with Gasteiger partial charge in [-0.1, -0.05) is 18.2 Å². The van der Waals surface area contributed by atoms with Crippen molar-refractivity contribution in [2.75, 3.05) is 49.2 Å². The second kappa shape index (κ2) is 12.4. The van der Waals surface area contributed by atoms with Crippen LogP contribution in [0.15, 0.2) is 54.7 Å². The SMILES string of the molecule is Cc1cc(Nc2ccc(CN3CCN(C)CC3)c(C(F)(F)F)c2)cc(Nc2ncc(C(=O)Nc3c(C)cccc3F)[nH]2)n1. The molecule has 0 radical (unpaired) electrons. The molecule has 2 aromatic carbocycles. The first-order valence-electron chi connectivity index (χ1n) is 13.7. The van der Waals surface area contributed by atoms with Crippen LogP contribution in [0.2, 0.25) is 0 Å². The van der Waals surface area contributed by atoms with Crippen molar-refractivity contribution in [1.82, 2.24) is 24.8 Å². The molecule has 0 spiro atoms. The van der Waals surface area contributed by atoms with E-state index in [4.69, 9.17) is 0 Å². The predicted molar refractivity (Wildman–Crippen MR) is 157 cm³/mol. The van der Waals surface area contributed by atoms with Gasteiger partial charge in [0.25, 0.3) is 5.91 Å². The van der Waals surface area contributed by atoms with Crippen molar-refractivity contribution in [3.8, 4) is 0 Å². The molecule has 1 fully saturated rings. The third-order valence-electron chi connectivity index (χ3n) is 7.17. The number of aromatic amines is 1. The Morgan fingerprint density at radius 2 is 1.77 bits per heavy atom.